The number of halogens is 1. The SMILES string of the molecule is COc1cccc(CN(C(=O)COc2ccc(F)cc2)C(Cc2ccccc2)C(=O)NC2CCCCC2)c1. The Morgan fingerprint density at radius 3 is 2.34 bits per heavy atom. The second-order valence-corrected chi connectivity index (χ2v) is 9.66. The molecule has 2 amide bonds. The first-order valence-corrected chi connectivity index (χ1v) is 13.2. The lowest BCUT2D eigenvalue weighted by atomic mass is 9.94. The Balaban J connectivity index is 1.61. The summed E-state index contributed by atoms with van der Waals surface area (Å²) in [4.78, 5) is 29.0. The summed E-state index contributed by atoms with van der Waals surface area (Å²) in [6.07, 6.45) is 5.62. The van der Waals surface area contributed by atoms with Gasteiger partial charge in [0.15, 0.2) is 6.61 Å². The standard InChI is InChI=1S/C31H35FN2O4/c1-37-28-14-8-11-24(19-28)21-34(30(35)22-38-27-17-15-25(32)16-18-27)29(20-23-9-4-2-5-10-23)31(36)33-26-12-6-3-7-13-26/h2,4-5,8-11,14-19,26,29H,3,6-7,12-13,20-22H2,1H3,(H,33,36). The van der Waals surface area contributed by atoms with Crippen LogP contribution in [0.25, 0.3) is 0 Å². The normalized spacial score (nSPS) is 14.4. The summed E-state index contributed by atoms with van der Waals surface area (Å²) >= 11 is 0. The Morgan fingerprint density at radius 2 is 1.63 bits per heavy atom. The Hall–Kier alpha value is -3.87. The number of nitrogens with one attached hydrogen (secondary N) is 1. The molecule has 0 spiro atoms. The van der Waals surface area contributed by atoms with E-state index in [0.29, 0.717) is 17.9 Å². The summed E-state index contributed by atoms with van der Waals surface area (Å²) in [6.45, 7) is -0.0734. The van der Waals surface area contributed by atoms with E-state index in [0.717, 1.165) is 36.8 Å². The van der Waals surface area contributed by atoms with Crippen molar-refractivity contribution in [2.24, 2.45) is 0 Å². The van der Waals surface area contributed by atoms with E-state index in [9.17, 15) is 14.0 Å². The summed E-state index contributed by atoms with van der Waals surface area (Å²) in [7, 11) is 1.59. The molecule has 3 aromatic carbocycles. The van der Waals surface area contributed by atoms with E-state index in [2.05, 4.69) is 5.32 Å². The molecule has 3 aromatic rings. The van der Waals surface area contributed by atoms with Crippen molar-refractivity contribution in [2.75, 3.05) is 13.7 Å². The van der Waals surface area contributed by atoms with Crippen LogP contribution in [0.15, 0.2) is 78.9 Å². The van der Waals surface area contributed by atoms with Crippen molar-refractivity contribution in [1.82, 2.24) is 10.2 Å². The molecule has 0 saturated heterocycles. The summed E-state index contributed by atoms with van der Waals surface area (Å²) in [5, 5.41) is 3.22. The summed E-state index contributed by atoms with van der Waals surface area (Å²) < 4.78 is 24.4. The van der Waals surface area contributed by atoms with E-state index in [1.165, 1.54) is 30.7 Å². The average molecular weight is 519 g/mol. The Bertz CT molecular complexity index is 1180. The molecular formula is C31H35FN2O4. The minimum atomic E-state index is -0.741. The number of rotatable bonds is 11. The molecule has 200 valence electrons. The van der Waals surface area contributed by atoms with Crippen LogP contribution >= 0.6 is 0 Å². The van der Waals surface area contributed by atoms with Gasteiger partial charge in [0.25, 0.3) is 5.91 Å². The lowest BCUT2D eigenvalue weighted by molar-refractivity contribution is -0.143. The van der Waals surface area contributed by atoms with E-state index in [-0.39, 0.29) is 36.8 Å². The number of ether oxygens (including phenoxy) is 2. The molecule has 0 aromatic heterocycles. The minimum absolute atomic E-state index is 0.110. The molecule has 4 rings (SSSR count). The number of hydrogen-bond acceptors (Lipinski definition) is 4. The first kappa shape index (κ1) is 27.2. The number of methoxy groups -OCH3 is 1. The van der Waals surface area contributed by atoms with E-state index in [1.54, 1.807) is 12.0 Å². The topological polar surface area (TPSA) is 67.9 Å². The van der Waals surface area contributed by atoms with Crippen molar-refractivity contribution in [3.63, 3.8) is 0 Å². The Kier molecular flexibility index (Phi) is 9.73. The van der Waals surface area contributed by atoms with Crippen LogP contribution < -0.4 is 14.8 Å². The average Bonchev–Trinajstić information content (AvgIpc) is 2.95. The third kappa shape index (κ3) is 7.81. The van der Waals surface area contributed by atoms with Gasteiger partial charge in [0.05, 0.1) is 7.11 Å². The molecule has 1 aliphatic rings. The molecule has 38 heavy (non-hydrogen) atoms. The van der Waals surface area contributed by atoms with E-state index >= 15 is 0 Å². The molecule has 7 heteroatoms. The van der Waals surface area contributed by atoms with Gasteiger partial charge in [0, 0.05) is 19.0 Å². The first-order chi connectivity index (χ1) is 18.5. The molecule has 1 unspecified atom stereocenters. The smallest absolute Gasteiger partial charge is 0.261 e. The van der Waals surface area contributed by atoms with Gasteiger partial charge in [-0.05, 0) is 60.4 Å². The van der Waals surface area contributed by atoms with Gasteiger partial charge in [-0.25, -0.2) is 4.39 Å². The van der Waals surface area contributed by atoms with Crippen molar-refractivity contribution in [2.45, 2.75) is 57.2 Å². The maximum atomic E-state index is 13.8. The predicted molar refractivity (Wildman–Crippen MR) is 144 cm³/mol. The number of nitrogens with zero attached hydrogens (tertiary/aromatic N) is 1. The van der Waals surface area contributed by atoms with Crippen LogP contribution in [0.5, 0.6) is 11.5 Å². The molecule has 6 nitrogen and oxygen atoms in total. The lowest BCUT2D eigenvalue weighted by Crippen LogP contribution is -2.53. The van der Waals surface area contributed by atoms with Gasteiger partial charge in [-0.2, -0.15) is 0 Å². The number of hydrogen-bond donors (Lipinski definition) is 1. The van der Waals surface area contributed by atoms with E-state index in [4.69, 9.17) is 9.47 Å². The number of benzene rings is 3. The summed E-state index contributed by atoms with van der Waals surface area (Å²) in [5.74, 6) is 0.164. The van der Waals surface area contributed by atoms with Gasteiger partial charge in [-0.3, -0.25) is 9.59 Å². The van der Waals surface area contributed by atoms with Gasteiger partial charge in [-0.1, -0.05) is 61.7 Å². The molecule has 1 aliphatic carbocycles. The highest BCUT2D eigenvalue weighted by Gasteiger charge is 2.32. The largest absolute Gasteiger partial charge is 0.497 e. The summed E-state index contributed by atoms with van der Waals surface area (Å²) in [5.41, 5.74) is 1.79. The van der Waals surface area contributed by atoms with Crippen LogP contribution in [0.4, 0.5) is 4.39 Å². The van der Waals surface area contributed by atoms with Crippen molar-refractivity contribution in [1.29, 1.82) is 0 Å². The van der Waals surface area contributed by atoms with Gasteiger partial charge < -0.3 is 19.7 Å². The van der Waals surface area contributed by atoms with Crippen LogP contribution in [-0.4, -0.2) is 42.5 Å². The Morgan fingerprint density at radius 1 is 0.921 bits per heavy atom. The zero-order chi connectivity index (χ0) is 26.7. The number of amides is 2. The van der Waals surface area contributed by atoms with Crippen molar-refractivity contribution in [3.8, 4) is 11.5 Å². The highest BCUT2D eigenvalue weighted by atomic mass is 19.1. The fourth-order valence-electron chi connectivity index (χ4n) is 4.82. The predicted octanol–water partition coefficient (Wildman–Crippen LogP) is 5.30. The van der Waals surface area contributed by atoms with Crippen molar-refractivity contribution >= 4 is 11.8 Å². The fraction of sp³-hybridized carbons (Fsp3) is 0.355. The third-order valence-corrected chi connectivity index (χ3v) is 6.89. The highest BCUT2D eigenvalue weighted by Crippen LogP contribution is 2.21. The molecule has 1 atom stereocenters. The molecule has 0 bridgehead atoms. The molecule has 1 saturated carbocycles. The van der Waals surface area contributed by atoms with E-state index in [1.807, 2.05) is 54.6 Å². The van der Waals surface area contributed by atoms with Gasteiger partial charge in [0.2, 0.25) is 5.91 Å². The van der Waals surface area contributed by atoms with Gasteiger partial charge in [0.1, 0.15) is 23.4 Å². The van der Waals surface area contributed by atoms with Crippen molar-refractivity contribution in [3.05, 3.63) is 95.8 Å². The van der Waals surface area contributed by atoms with Crippen LogP contribution in [0.3, 0.4) is 0 Å². The zero-order valence-electron chi connectivity index (χ0n) is 21.8. The third-order valence-electron chi connectivity index (χ3n) is 6.89. The minimum Gasteiger partial charge on any atom is -0.497 e. The molecule has 0 heterocycles. The molecule has 0 radical (unpaired) electrons. The first-order valence-electron chi connectivity index (χ1n) is 13.2. The summed E-state index contributed by atoms with van der Waals surface area (Å²) in [6, 6.07) is 22.1. The second kappa shape index (κ2) is 13.6. The maximum absolute atomic E-state index is 13.8. The molecular weight excluding hydrogens is 483 g/mol. The molecule has 1 N–H and O–H groups in total. The zero-order valence-corrected chi connectivity index (χ0v) is 21.8. The molecule has 0 aliphatic heterocycles. The van der Waals surface area contributed by atoms with Gasteiger partial charge >= 0.3 is 0 Å². The van der Waals surface area contributed by atoms with E-state index < -0.39 is 6.04 Å². The van der Waals surface area contributed by atoms with Gasteiger partial charge in [-0.15, -0.1) is 0 Å². The van der Waals surface area contributed by atoms with Crippen LogP contribution in [0.2, 0.25) is 0 Å². The highest BCUT2D eigenvalue weighted by molar-refractivity contribution is 5.88. The van der Waals surface area contributed by atoms with Crippen molar-refractivity contribution < 1.29 is 23.5 Å². The van der Waals surface area contributed by atoms with Crippen LogP contribution in [-0.2, 0) is 22.6 Å². The van der Waals surface area contributed by atoms with Crippen LogP contribution in [0.1, 0.15) is 43.2 Å². The lowest BCUT2D eigenvalue weighted by Gasteiger charge is -2.33. The molecule has 1 fully saturated rings. The quantitative estimate of drug-likeness (QED) is 0.374. The number of carbonyl (C=O) groups excluding carboxylic acids is 2. The number of carbonyl (C=O) groups is 2. The second-order valence-electron chi connectivity index (χ2n) is 9.66. The Labute approximate surface area is 223 Å². The fourth-order valence-corrected chi connectivity index (χ4v) is 4.82. The maximum Gasteiger partial charge on any atom is 0.261 e. The monoisotopic (exact) mass is 518 g/mol. The van der Waals surface area contributed by atoms with Crippen LogP contribution in [0, 0.1) is 5.82 Å².